The molecule has 0 aliphatic carbocycles. The van der Waals surface area contributed by atoms with Gasteiger partial charge in [0.05, 0.1) is 19.2 Å². The van der Waals surface area contributed by atoms with Crippen LogP contribution in [0.25, 0.3) is 0 Å². The van der Waals surface area contributed by atoms with Crippen molar-refractivity contribution in [2.24, 2.45) is 0 Å². The average molecular weight is 426 g/mol. The van der Waals surface area contributed by atoms with Gasteiger partial charge in [-0.2, -0.15) is 5.26 Å². The lowest BCUT2D eigenvalue weighted by atomic mass is 9.94. The molecule has 2 fully saturated rings. The number of nitrogens with one attached hydrogen (secondary N) is 2. The first kappa shape index (κ1) is 20.3. The normalized spacial score (nSPS) is 19.8. The lowest BCUT2D eigenvalue weighted by Crippen LogP contribution is -2.50. The van der Waals surface area contributed by atoms with Crippen molar-refractivity contribution in [2.45, 2.75) is 18.8 Å². The van der Waals surface area contributed by atoms with Crippen LogP contribution in [-0.4, -0.2) is 70.9 Å². The largest absolute Gasteiger partial charge is 0.353 e. The monoisotopic (exact) mass is 425 g/mol. The first-order valence-electron chi connectivity index (χ1n) is 9.97. The lowest BCUT2D eigenvalue weighted by molar-refractivity contribution is -0.123. The molecule has 30 heavy (non-hydrogen) atoms. The van der Waals surface area contributed by atoms with Crippen molar-refractivity contribution in [1.82, 2.24) is 25.1 Å². The highest BCUT2D eigenvalue weighted by atomic mass is 32.1. The minimum absolute atomic E-state index is 0.0624. The van der Waals surface area contributed by atoms with Gasteiger partial charge in [0.2, 0.25) is 5.91 Å². The van der Waals surface area contributed by atoms with Gasteiger partial charge in [-0.1, -0.05) is 6.07 Å². The quantitative estimate of drug-likeness (QED) is 0.699. The van der Waals surface area contributed by atoms with E-state index in [2.05, 4.69) is 26.6 Å². The van der Waals surface area contributed by atoms with Gasteiger partial charge >= 0.3 is 0 Å². The summed E-state index contributed by atoms with van der Waals surface area (Å²) in [5.41, 5.74) is 1.32. The molecule has 0 unspecified atom stereocenters. The van der Waals surface area contributed by atoms with Gasteiger partial charge in [0, 0.05) is 36.6 Å². The predicted octanol–water partition coefficient (Wildman–Crippen LogP) is 1.56. The summed E-state index contributed by atoms with van der Waals surface area (Å²) in [5.74, 6) is 0.582. The van der Waals surface area contributed by atoms with E-state index < -0.39 is 0 Å². The van der Waals surface area contributed by atoms with Gasteiger partial charge in [-0.05, 0) is 31.5 Å². The number of pyridine rings is 1. The number of carbonyl (C=O) groups is 2. The zero-order valence-electron chi connectivity index (χ0n) is 16.5. The molecular formula is C20H23N7O2S. The molecule has 10 heteroatoms. The number of piperidine rings is 1. The van der Waals surface area contributed by atoms with E-state index in [1.807, 2.05) is 18.2 Å². The van der Waals surface area contributed by atoms with Gasteiger partial charge in [0.15, 0.2) is 5.13 Å². The summed E-state index contributed by atoms with van der Waals surface area (Å²) < 4.78 is 0. The molecule has 2 aromatic heterocycles. The summed E-state index contributed by atoms with van der Waals surface area (Å²) in [5, 5.41) is 17.1. The highest BCUT2D eigenvalue weighted by Gasteiger charge is 2.25. The summed E-state index contributed by atoms with van der Waals surface area (Å²) in [6.45, 7) is 3.25. The second kappa shape index (κ2) is 9.19. The highest BCUT2D eigenvalue weighted by molar-refractivity contribution is 7.14. The summed E-state index contributed by atoms with van der Waals surface area (Å²) >= 11 is 1.33. The van der Waals surface area contributed by atoms with Crippen molar-refractivity contribution in [2.75, 3.05) is 44.6 Å². The van der Waals surface area contributed by atoms with Crippen LogP contribution in [0.4, 0.5) is 10.9 Å². The molecule has 2 aliphatic heterocycles. The van der Waals surface area contributed by atoms with Crippen LogP contribution in [0.15, 0.2) is 23.6 Å². The molecule has 4 rings (SSSR count). The molecule has 2 aromatic rings. The maximum atomic E-state index is 12.6. The van der Waals surface area contributed by atoms with Crippen molar-refractivity contribution in [1.29, 1.82) is 5.26 Å². The summed E-state index contributed by atoms with van der Waals surface area (Å²) in [4.78, 5) is 36.9. The number of carbonyl (C=O) groups excluding carboxylic acids is 2. The Balaban J connectivity index is 1.42. The molecule has 2 aliphatic rings. The molecule has 0 bridgehead atoms. The van der Waals surface area contributed by atoms with E-state index in [9.17, 15) is 9.59 Å². The van der Waals surface area contributed by atoms with Crippen molar-refractivity contribution >= 4 is 34.1 Å². The zero-order valence-corrected chi connectivity index (χ0v) is 17.3. The van der Waals surface area contributed by atoms with E-state index in [1.165, 1.54) is 16.2 Å². The Morgan fingerprint density at radius 3 is 3.10 bits per heavy atom. The standard InChI is InChI=1S/C20H23N7O2S/c21-6-9-26-8-2-3-14(11-26)15-4-1-5-17(23-15)25-20-24-16(13-30-20)19(29)27-10-7-22-18(28)12-27/h1,4-5,13-14H,2-3,7-12H2,(H,22,28)(H,23,24,25)/t14-/m0/s1. The van der Waals surface area contributed by atoms with E-state index in [-0.39, 0.29) is 18.4 Å². The number of amides is 2. The second-order valence-electron chi connectivity index (χ2n) is 7.42. The molecule has 1 atom stereocenters. The van der Waals surface area contributed by atoms with E-state index in [0.717, 1.165) is 31.6 Å². The molecule has 2 amide bonds. The van der Waals surface area contributed by atoms with Crippen molar-refractivity contribution in [3.63, 3.8) is 0 Å². The number of nitriles is 1. The number of likely N-dealkylation sites (tertiary alicyclic amines) is 1. The number of aromatic nitrogens is 2. The van der Waals surface area contributed by atoms with Crippen LogP contribution in [0.5, 0.6) is 0 Å². The first-order valence-corrected chi connectivity index (χ1v) is 10.8. The Bertz CT molecular complexity index is 970. The minimum Gasteiger partial charge on any atom is -0.353 e. The average Bonchev–Trinajstić information content (AvgIpc) is 3.22. The Labute approximate surface area is 178 Å². The van der Waals surface area contributed by atoms with Crippen LogP contribution in [0.3, 0.4) is 0 Å². The van der Waals surface area contributed by atoms with E-state index in [1.54, 1.807) is 5.38 Å². The van der Waals surface area contributed by atoms with Crippen LogP contribution >= 0.6 is 11.3 Å². The van der Waals surface area contributed by atoms with Crippen LogP contribution < -0.4 is 10.6 Å². The number of hydrogen-bond acceptors (Lipinski definition) is 8. The van der Waals surface area contributed by atoms with Crippen molar-refractivity contribution in [3.8, 4) is 6.07 Å². The van der Waals surface area contributed by atoms with Crippen LogP contribution in [0.1, 0.15) is 34.9 Å². The minimum atomic E-state index is -0.240. The smallest absolute Gasteiger partial charge is 0.273 e. The number of hydrogen-bond donors (Lipinski definition) is 2. The molecule has 0 saturated carbocycles. The maximum Gasteiger partial charge on any atom is 0.273 e. The molecule has 0 aromatic carbocycles. The molecule has 0 radical (unpaired) electrons. The third kappa shape index (κ3) is 4.75. The maximum absolute atomic E-state index is 12.6. The molecule has 2 saturated heterocycles. The lowest BCUT2D eigenvalue weighted by Gasteiger charge is -2.30. The SMILES string of the molecule is N#CCN1CCC[C@H](c2cccc(Nc3nc(C(=O)N4CCNC(=O)C4)cs3)n2)C1. The van der Waals surface area contributed by atoms with Gasteiger partial charge < -0.3 is 15.5 Å². The molecule has 9 nitrogen and oxygen atoms in total. The molecule has 0 spiro atoms. The summed E-state index contributed by atoms with van der Waals surface area (Å²) in [6.07, 6.45) is 2.11. The van der Waals surface area contributed by atoms with Gasteiger partial charge in [0.1, 0.15) is 11.5 Å². The van der Waals surface area contributed by atoms with Crippen molar-refractivity contribution < 1.29 is 9.59 Å². The van der Waals surface area contributed by atoms with Gasteiger partial charge in [-0.15, -0.1) is 11.3 Å². The third-order valence-corrected chi connectivity index (χ3v) is 6.03. The van der Waals surface area contributed by atoms with Gasteiger partial charge in [0.25, 0.3) is 5.91 Å². The van der Waals surface area contributed by atoms with Crippen LogP contribution in [-0.2, 0) is 4.79 Å². The topological polar surface area (TPSA) is 114 Å². The van der Waals surface area contributed by atoms with Gasteiger partial charge in [-0.25, -0.2) is 9.97 Å². The Morgan fingerprint density at radius 1 is 1.37 bits per heavy atom. The molecule has 2 N–H and O–H groups in total. The fraction of sp³-hybridized carbons (Fsp3) is 0.450. The van der Waals surface area contributed by atoms with E-state index in [4.69, 9.17) is 10.2 Å². The Hall–Kier alpha value is -3.03. The summed E-state index contributed by atoms with van der Waals surface area (Å²) in [7, 11) is 0. The fourth-order valence-electron chi connectivity index (χ4n) is 3.80. The van der Waals surface area contributed by atoms with Gasteiger partial charge in [-0.3, -0.25) is 14.5 Å². The molecular weight excluding hydrogens is 402 g/mol. The molecule has 4 heterocycles. The number of nitrogens with zero attached hydrogens (tertiary/aromatic N) is 5. The molecule has 156 valence electrons. The predicted molar refractivity (Wildman–Crippen MR) is 113 cm³/mol. The van der Waals surface area contributed by atoms with Crippen LogP contribution in [0.2, 0.25) is 0 Å². The highest BCUT2D eigenvalue weighted by Crippen LogP contribution is 2.27. The summed E-state index contributed by atoms with van der Waals surface area (Å²) in [6, 6.07) is 8.07. The third-order valence-electron chi connectivity index (χ3n) is 5.27. The fourth-order valence-corrected chi connectivity index (χ4v) is 4.49. The van der Waals surface area contributed by atoms with E-state index >= 15 is 0 Å². The zero-order chi connectivity index (χ0) is 20.9. The number of rotatable bonds is 5. The number of anilines is 2. The first-order chi connectivity index (χ1) is 14.6. The number of piperazine rings is 1. The van der Waals surface area contributed by atoms with Crippen LogP contribution in [0, 0.1) is 11.3 Å². The second-order valence-corrected chi connectivity index (χ2v) is 8.28. The van der Waals surface area contributed by atoms with E-state index in [0.29, 0.717) is 42.2 Å². The Morgan fingerprint density at radius 2 is 2.27 bits per heavy atom. The van der Waals surface area contributed by atoms with Crippen molar-refractivity contribution in [3.05, 3.63) is 35.0 Å². The Kier molecular flexibility index (Phi) is 6.21. The number of thiazole rings is 1.